The average Bonchev–Trinajstić information content (AvgIpc) is 3.05. The molecule has 0 spiro atoms. The number of hydrogen-bond donors (Lipinski definition) is 2. The van der Waals surface area contributed by atoms with Crippen LogP contribution in [0.15, 0.2) is 29.2 Å². The van der Waals surface area contributed by atoms with Gasteiger partial charge in [0.1, 0.15) is 5.82 Å². The molecule has 0 fully saturated rings. The lowest BCUT2D eigenvalue weighted by Gasteiger charge is -2.23. The number of sulfonamides is 1. The first-order valence-electron chi connectivity index (χ1n) is 8.22. The summed E-state index contributed by atoms with van der Waals surface area (Å²) >= 11 is 0. The van der Waals surface area contributed by atoms with Crippen LogP contribution in [0, 0.1) is 0 Å². The Morgan fingerprint density at radius 1 is 1.32 bits per heavy atom. The number of rotatable bonds is 5. The van der Waals surface area contributed by atoms with Crippen molar-refractivity contribution >= 4 is 15.9 Å². The number of benzene rings is 1. The number of carbonyl (C=O) groups is 1. The van der Waals surface area contributed by atoms with Crippen LogP contribution in [0.25, 0.3) is 0 Å². The lowest BCUT2D eigenvalue weighted by molar-refractivity contribution is 0.0963. The number of nitrogens with zero attached hydrogens (tertiary/aromatic N) is 3. The van der Waals surface area contributed by atoms with Crippen molar-refractivity contribution < 1.29 is 13.2 Å². The van der Waals surface area contributed by atoms with Gasteiger partial charge in [0, 0.05) is 25.6 Å². The Balaban J connectivity index is 1.83. The molecular formula is C16H21N5O3S. The molecule has 2 aromatic rings. The Labute approximate surface area is 146 Å². The quantitative estimate of drug-likeness (QED) is 0.825. The fourth-order valence-electron chi connectivity index (χ4n) is 2.85. The van der Waals surface area contributed by atoms with Crippen molar-refractivity contribution in [3.05, 3.63) is 41.5 Å². The highest BCUT2D eigenvalue weighted by atomic mass is 32.2. The normalized spacial score (nSPS) is 17.1. The third kappa shape index (κ3) is 3.57. The first-order valence-corrected chi connectivity index (χ1v) is 9.71. The fraction of sp³-hybridized carbons (Fsp3) is 0.438. The zero-order chi connectivity index (χ0) is 18.0. The summed E-state index contributed by atoms with van der Waals surface area (Å²) in [6.45, 7) is 2.72. The highest BCUT2D eigenvalue weighted by Crippen LogP contribution is 2.25. The highest BCUT2D eigenvalue weighted by Gasteiger charge is 2.28. The van der Waals surface area contributed by atoms with E-state index in [1.165, 1.54) is 31.3 Å². The van der Waals surface area contributed by atoms with Gasteiger partial charge >= 0.3 is 0 Å². The molecule has 1 aromatic heterocycles. The van der Waals surface area contributed by atoms with Gasteiger partial charge in [-0.05, 0) is 37.1 Å². The Hall–Kier alpha value is -2.26. The van der Waals surface area contributed by atoms with Gasteiger partial charge in [0.25, 0.3) is 5.91 Å². The highest BCUT2D eigenvalue weighted by molar-refractivity contribution is 7.89. The first-order chi connectivity index (χ1) is 11.9. The van der Waals surface area contributed by atoms with Crippen LogP contribution in [0.3, 0.4) is 0 Å². The van der Waals surface area contributed by atoms with Gasteiger partial charge in [-0.2, -0.15) is 5.10 Å². The lowest BCUT2D eigenvalue weighted by Crippen LogP contribution is -2.33. The van der Waals surface area contributed by atoms with E-state index in [9.17, 15) is 13.2 Å². The molecule has 1 aliphatic rings. The minimum atomic E-state index is -3.71. The molecule has 25 heavy (non-hydrogen) atoms. The van der Waals surface area contributed by atoms with Crippen LogP contribution in [0.2, 0.25) is 0 Å². The van der Waals surface area contributed by atoms with Gasteiger partial charge in [0.15, 0.2) is 5.82 Å². The van der Waals surface area contributed by atoms with Crippen LogP contribution < -0.4 is 10.0 Å². The maximum Gasteiger partial charge on any atom is 0.251 e. The van der Waals surface area contributed by atoms with Crippen LogP contribution in [0.4, 0.5) is 0 Å². The molecule has 1 unspecified atom stereocenters. The second-order valence-corrected chi connectivity index (χ2v) is 7.60. The summed E-state index contributed by atoms with van der Waals surface area (Å²) in [5.74, 6) is 1.12. The van der Waals surface area contributed by atoms with E-state index < -0.39 is 16.1 Å². The van der Waals surface area contributed by atoms with Gasteiger partial charge in [-0.25, -0.2) is 22.8 Å². The Morgan fingerprint density at radius 2 is 2.04 bits per heavy atom. The van der Waals surface area contributed by atoms with Crippen LogP contribution >= 0.6 is 0 Å². The van der Waals surface area contributed by atoms with Crippen molar-refractivity contribution in [2.24, 2.45) is 0 Å². The van der Waals surface area contributed by atoms with Gasteiger partial charge in [-0.1, -0.05) is 6.92 Å². The molecule has 134 valence electrons. The summed E-state index contributed by atoms with van der Waals surface area (Å²) in [6, 6.07) is 5.44. The van der Waals surface area contributed by atoms with Crippen LogP contribution in [-0.2, 0) is 23.0 Å². The van der Waals surface area contributed by atoms with Crippen molar-refractivity contribution in [3.8, 4) is 0 Å². The molecule has 0 saturated carbocycles. The smallest absolute Gasteiger partial charge is 0.251 e. The molecule has 2 N–H and O–H groups in total. The first kappa shape index (κ1) is 17.6. The van der Waals surface area contributed by atoms with Gasteiger partial charge in [-0.15, -0.1) is 0 Å². The van der Waals surface area contributed by atoms with E-state index in [0.29, 0.717) is 24.2 Å². The fourth-order valence-corrected chi connectivity index (χ4v) is 4.07. The van der Waals surface area contributed by atoms with E-state index in [4.69, 9.17) is 0 Å². The summed E-state index contributed by atoms with van der Waals surface area (Å²) in [7, 11) is -2.19. The number of aromatic nitrogens is 3. The molecule has 0 bridgehead atoms. The second kappa shape index (κ2) is 6.93. The zero-order valence-electron chi connectivity index (χ0n) is 14.2. The van der Waals surface area contributed by atoms with Gasteiger partial charge < -0.3 is 5.32 Å². The molecule has 0 aliphatic carbocycles. The minimum Gasteiger partial charge on any atom is -0.355 e. The average molecular weight is 363 g/mol. The number of aryl methyl sites for hydroxylation is 2. The standard InChI is InChI=1S/C16H21N5O3S/c1-3-14-18-15-13(5-4-10-21(15)19-14)20-25(23,24)12-8-6-11(7-9-12)16(22)17-2/h6-9,13,20H,3-5,10H2,1-2H3,(H,17,22). The van der Waals surface area contributed by atoms with Crippen LogP contribution in [0.5, 0.6) is 0 Å². The largest absolute Gasteiger partial charge is 0.355 e. The number of amides is 1. The van der Waals surface area contributed by atoms with E-state index in [1.54, 1.807) is 4.68 Å². The Bertz CT molecular complexity index is 874. The van der Waals surface area contributed by atoms with Crippen molar-refractivity contribution in [2.75, 3.05) is 7.05 Å². The van der Waals surface area contributed by atoms with E-state index in [-0.39, 0.29) is 10.8 Å². The molecular weight excluding hydrogens is 342 g/mol. The number of hydrogen-bond acceptors (Lipinski definition) is 5. The second-order valence-electron chi connectivity index (χ2n) is 5.88. The predicted molar refractivity (Wildman–Crippen MR) is 91.5 cm³/mol. The molecule has 2 heterocycles. The molecule has 1 aliphatic heterocycles. The molecule has 8 nitrogen and oxygen atoms in total. The van der Waals surface area contributed by atoms with E-state index in [0.717, 1.165) is 18.8 Å². The zero-order valence-corrected chi connectivity index (χ0v) is 15.0. The molecule has 0 radical (unpaired) electrons. The summed E-state index contributed by atoms with van der Waals surface area (Å²) in [4.78, 5) is 16.1. The number of carbonyl (C=O) groups excluding carboxylic acids is 1. The third-order valence-electron chi connectivity index (χ3n) is 4.19. The Morgan fingerprint density at radius 3 is 2.68 bits per heavy atom. The number of nitrogens with one attached hydrogen (secondary N) is 2. The predicted octanol–water partition coefficient (Wildman–Crippen LogP) is 1.01. The summed E-state index contributed by atoms with van der Waals surface area (Å²) < 4.78 is 29.8. The van der Waals surface area contributed by atoms with E-state index in [2.05, 4.69) is 20.1 Å². The molecule has 3 rings (SSSR count). The van der Waals surface area contributed by atoms with Crippen LogP contribution in [0.1, 0.15) is 47.8 Å². The summed E-state index contributed by atoms with van der Waals surface area (Å²) in [5, 5.41) is 6.89. The molecule has 1 atom stereocenters. The van der Waals surface area contributed by atoms with Gasteiger partial charge in [-0.3, -0.25) is 4.79 Å². The summed E-state index contributed by atoms with van der Waals surface area (Å²) in [5.41, 5.74) is 0.409. The van der Waals surface area contributed by atoms with Crippen molar-refractivity contribution in [2.45, 2.75) is 43.7 Å². The van der Waals surface area contributed by atoms with Crippen LogP contribution in [-0.4, -0.2) is 36.1 Å². The molecule has 1 aromatic carbocycles. The monoisotopic (exact) mass is 363 g/mol. The molecule has 1 amide bonds. The SMILES string of the molecule is CCc1nc2n(n1)CCCC2NS(=O)(=O)c1ccc(C(=O)NC)cc1. The maximum absolute atomic E-state index is 12.7. The van der Waals surface area contributed by atoms with Crippen molar-refractivity contribution in [3.63, 3.8) is 0 Å². The van der Waals surface area contributed by atoms with E-state index in [1.807, 2.05) is 6.92 Å². The molecule has 0 saturated heterocycles. The minimum absolute atomic E-state index is 0.118. The van der Waals surface area contributed by atoms with Crippen molar-refractivity contribution in [1.29, 1.82) is 0 Å². The lowest BCUT2D eigenvalue weighted by atomic mass is 10.1. The maximum atomic E-state index is 12.7. The number of fused-ring (bicyclic) bond motifs is 1. The summed E-state index contributed by atoms with van der Waals surface area (Å²) in [6.07, 6.45) is 2.22. The van der Waals surface area contributed by atoms with Gasteiger partial charge in [0.05, 0.1) is 10.9 Å². The molecule has 9 heteroatoms. The topological polar surface area (TPSA) is 106 Å². The van der Waals surface area contributed by atoms with E-state index >= 15 is 0 Å². The van der Waals surface area contributed by atoms with Crippen molar-refractivity contribution in [1.82, 2.24) is 24.8 Å². The Kier molecular flexibility index (Phi) is 4.87. The third-order valence-corrected chi connectivity index (χ3v) is 5.67. The van der Waals surface area contributed by atoms with Gasteiger partial charge in [0.2, 0.25) is 10.0 Å².